The van der Waals surface area contributed by atoms with Crippen LogP contribution in [0.2, 0.25) is 0 Å². The predicted molar refractivity (Wildman–Crippen MR) is 55.4 cm³/mol. The number of ether oxygens (including phenoxy) is 1. The molecule has 0 amide bonds. The van der Waals surface area contributed by atoms with Crippen molar-refractivity contribution in [2.24, 2.45) is 0 Å². The van der Waals surface area contributed by atoms with Gasteiger partial charge in [0.2, 0.25) is 0 Å². The largest absolute Gasteiger partial charge is 0.390 e. The highest BCUT2D eigenvalue weighted by Crippen LogP contribution is 2.23. The van der Waals surface area contributed by atoms with Crippen molar-refractivity contribution in [2.75, 3.05) is 0 Å². The summed E-state index contributed by atoms with van der Waals surface area (Å²) < 4.78 is 5.60. The standard InChI is InChI=1S/C10H15NO2S/c1-7-2-3-9(13-7)8(12)6-10-11-4-5-14-10/h4-5,7-9,12H,2-3,6H2,1H3. The highest BCUT2D eigenvalue weighted by molar-refractivity contribution is 7.09. The average molecular weight is 213 g/mol. The second-order valence-electron chi connectivity index (χ2n) is 3.76. The smallest absolute Gasteiger partial charge is 0.0951 e. The molecule has 1 N–H and O–H groups in total. The van der Waals surface area contributed by atoms with Crippen LogP contribution in [-0.2, 0) is 11.2 Å². The van der Waals surface area contributed by atoms with E-state index in [9.17, 15) is 5.11 Å². The Balaban J connectivity index is 1.87. The van der Waals surface area contributed by atoms with Crippen molar-refractivity contribution >= 4 is 11.3 Å². The molecule has 0 bridgehead atoms. The number of hydrogen-bond donors (Lipinski definition) is 1. The first-order valence-electron chi connectivity index (χ1n) is 4.97. The monoisotopic (exact) mass is 213 g/mol. The van der Waals surface area contributed by atoms with Crippen molar-refractivity contribution < 1.29 is 9.84 Å². The van der Waals surface area contributed by atoms with E-state index in [1.807, 2.05) is 5.38 Å². The van der Waals surface area contributed by atoms with E-state index in [-0.39, 0.29) is 6.10 Å². The molecular weight excluding hydrogens is 198 g/mol. The Labute approximate surface area is 87.7 Å². The highest BCUT2D eigenvalue weighted by atomic mass is 32.1. The summed E-state index contributed by atoms with van der Waals surface area (Å²) in [6.07, 6.45) is 4.32. The minimum atomic E-state index is -0.397. The number of hydrogen-bond acceptors (Lipinski definition) is 4. The van der Waals surface area contributed by atoms with E-state index < -0.39 is 6.10 Å². The summed E-state index contributed by atoms with van der Waals surface area (Å²) in [6.45, 7) is 2.05. The quantitative estimate of drug-likeness (QED) is 0.829. The summed E-state index contributed by atoms with van der Waals surface area (Å²) in [5.41, 5.74) is 0. The zero-order valence-electron chi connectivity index (χ0n) is 8.22. The molecule has 1 fully saturated rings. The van der Waals surface area contributed by atoms with Crippen molar-refractivity contribution in [3.05, 3.63) is 16.6 Å². The third-order valence-corrected chi connectivity index (χ3v) is 3.36. The molecule has 1 aliphatic rings. The van der Waals surface area contributed by atoms with Crippen molar-refractivity contribution in [1.29, 1.82) is 0 Å². The molecule has 0 aliphatic carbocycles. The predicted octanol–water partition coefficient (Wildman–Crippen LogP) is 1.61. The SMILES string of the molecule is CC1CCC(C(O)Cc2nccs2)O1. The van der Waals surface area contributed by atoms with Crippen molar-refractivity contribution in [3.63, 3.8) is 0 Å². The van der Waals surface area contributed by atoms with Gasteiger partial charge in [-0.25, -0.2) is 4.98 Å². The lowest BCUT2D eigenvalue weighted by Crippen LogP contribution is -2.28. The van der Waals surface area contributed by atoms with Crippen molar-refractivity contribution in [1.82, 2.24) is 4.98 Å². The van der Waals surface area contributed by atoms with E-state index in [1.165, 1.54) is 0 Å². The van der Waals surface area contributed by atoms with Crippen molar-refractivity contribution in [3.8, 4) is 0 Å². The first-order valence-corrected chi connectivity index (χ1v) is 5.85. The van der Waals surface area contributed by atoms with Crippen LogP contribution in [0.5, 0.6) is 0 Å². The first-order chi connectivity index (χ1) is 6.75. The normalized spacial score (nSPS) is 29.3. The maximum Gasteiger partial charge on any atom is 0.0951 e. The Morgan fingerprint density at radius 3 is 3.14 bits per heavy atom. The summed E-state index contributed by atoms with van der Waals surface area (Å²) in [7, 11) is 0. The topological polar surface area (TPSA) is 42.4 Å². The van der Waals surface area contributed by atoms with E-state index in [0.717, 1.165) is 17.8 Å². The molecule has 3 atom stereocenters. The Bertz CT molecular complexity index is 276. The molecule has 0 spiro atoms. The van der Waals surface area contributed by atoms with Crippen LogP contribution in [0.15, 0.2) is 11.6 Å². The molecule has 1 aliphatic heterocycles. The van der Waals surface area contributed by atoms with Crippen LogP contribution in [0, 0.1) is 0 Å². The van der Waals surface area contributed by atoms with Crippen LogP contribution in [0.1, 0.15) is 24.8 Å². The minimum absolute atomic E-state index is 0.00824. The third kappa shape index (κ3) is 2.32. The zero-order chi connectivity index (χ0) is 9.97. The molecular formula is C10H15NO2S. The van der Waals surface area contributed by atoms with Gasteiger partial charge in [-0.1, -0.05) is 0 Å². The van der Waals surface area contributed by atoms with Gasteiger partial charge in [0, 0.05) is 18.0 Å². The van der Waals surface area contributed by atoms with Gasteiger partial charge in [-0.3, -0.25) is 0 Å². The van der Waals surface area contributed by atoms with Gasteiger partial charge in [0.25, 0.3) is 0 Å². The van der Waals surface area contributed by atoms with Crippen LogP contribution < -0.4 is 0 Å². The van der Waals surface area contributed by atoms with Gasteiger partial charge in [-0.15, -0.1) is 11.3 Å². The lowest BCUT2D eigenvalue weighted by Gasteiger charge is -2.16. The van der Waals surface area contributed by atoms with Gasteiger partial charge in [-0.2, -0.15) is 0 Å². The summed E-state index contributed by atoms with van der Waals surface area (Å²) in [4.78, 5) is 4.15. The molecule has 14 heavy (non-hydrogen) atoms. The van der Waals surface area contributed by atoms with Gasteiger partial charge in [-0.05, 0) is 19.8 Å². The summed E-state index contributed by atoms with van der Waals surface area (Å²) in [6, 6.07) is 0. The van der Waals surface area contributed by atoms with Crippen LogP contribution in [-0.4, -0.2) is 28.4 Å². The van der Waals surface area contributed by atoms with Gasteiger partial charge >= 0.3 is 0 Å². The molecule has 0 radical (unpaired) electrons. The van der Waals surface area contributed by atoms with E-state index in [0.29, 0.717) is 12.5 Å². The van der Waals surface area contributed by atoms with Gasteiger partial charge in [0.05, 0.1) is 23.3 Å². The van der Waals surface area contributed by atoms with Crippen LogP contribution >= 0.6 is 11.3 Å². The number of aliphatic hydroxyl groups excluding tert-OH is 1. The number of thiazole rings is 1. The molecule has 3 nitrogen and oxygen atoms in total. The van der Waals surface area contributed by atoms with Crippen molar-refractivity contribution in [2.45, 2.75) is 44.5 Å². The van der Waals surface area contributed by atoms with Crippen LogP contribution in [0.4, 0.5) is 0 Å². The molecule has 0 saturated carbocycles. The number of aromatic nitrogens is 1. The summed E-state index contributed by atoms with van der Waals surface area (Å²) >= 11 is 1.58. The molecule has 1 aromatic rings. The molecule has 78 valence electrons. The fraction of sp³-hybridized carbons (Fsp3) is 0.700. The third-order valence-electron chi connectivity index (χ3n) is 2.56. The Hall–Kier alpha value is -0.450. The first kappa shape index (κ1) is 10.1. The molecule has 2 rings (SSSR count). The Morgan fingerprint density at radius 2 is 2.57 bits per heavy atom. The minimum Gasteiger partial charge on any atom is -0.390 e. The highest BCUT2D eigenvalue weighted by Gasteiger charge is 2.28. The fourth-order valence-electron chi connectivity index (χ4n) is 1.78. The summed E-state index contributed by atoms with van der Waals surface area (Å²) in [5.74, 6) is 0. The molecule has 1 saturated heterocycles. The Kier molecular flexibility index (Phi) is 3.15. The lowest BCUT2D eigenvalue weighted by molar-refractivity contribution is -0.0278. The second kappa shape index (κ2) is 4.38. The summed E-state index contributed by atoms with van der Waals surface area (Å²) in [5, 5.41) is 12.8. The second-order valence-corrected chi connectivity index (χ2v) is 4.74. The number of nitrogens with zero attached hydrogens (tertiary/aromatic N) is 1. The van der Waals surface area contributed by atoms with E-state index in [1.54, 1.807) is 17.5 Å². The lowest BCUT2D eigenvalue weighted by atomic mass is 10.1. The van der Waals surface area contributed by atoms with Gasteiger partial charge in [0.15, 0.2) is 0 Å². The molecule has 1 aromatic heterocycles. The maximum absolute atomic E-state index is 9.88. The van der Waals surface area contributed by atoms with E-state index >= 15 is 0 Å². The molecule has 0 aromatic carbocycles. The van der Waals surface area contributed by atoms with Gasteiger partial charge < -0.3 is 9.84 Å². The van der Waals surface area contributed by atoms with Crippen LogP contribution in [0.25, 0.3) is 0 Å². The van der Waals surface area contributed by atoms with E-state index in [4.69, 9.17) is 4.74 Å². The Morgan fingerprint density at radius 1 is 1.71 bits per heavy atom. The van der Waals surface area contributed by atoms with E-state index in [2.05, 4.69) is 11.9 Å². The fourth-order valence-corrected chi connectivity index (χ4v) is 2.45. The number of aliphatic hydroxyl groups is 1. The molecule has 4 heteroatoms. The zero-order valence-corrected chi connectivity index (χ0v) is 9.04. The maximum atomic E-state index is 9.88. The van der Waals surface area contributed by atoms with Crippen LogP contribution in [0.3, 0.4) is 0 Å². The molecule has 2 heterocycles. The average Bonchev–Trinajstić information content (AvgIpc) is 2.75. The number of rotatable bonds is 3. The van der Waals surface area contributed by atoms with Gasteiger partial charge in [0.1, 0.15) is 0 Å². The molecule has 3 unspecified atom stereocenters.